The zero-order chi connectivity index (χ0) is 12.5. The molecule has 2 N–H and O–H groups in total. The number of hydrogen-bond donors (Lipinski definition) is 2. The number of nitrogens with one attached hydrogen (secondary N) is 1. The summed E-state index contributed by atoms with van der Waals surface area (Å²) in [5.74, 6) is -0.755. The zero-order valence-electron chi connectivity index (χ0n) is 9.74. The number of carboxylic acids is 1. The molecular formula is C13H16FNO2. The van der Waals surface area contributed by atoms with Gasteiger partial charge in [0, 0.05) is 0 Å². The van der Waals surface area contributed by atoms with Gasteiger partial charge in [-0.25, -0.2) is 4.39 Å². The Bertz CT molecular complexity index is 418. The largest absolute Gasteiger partial charge is 0.480 e. The van der Waals surface area contributed by atoms with Crippen LogP contribution in [0.5, 0.6) is 0 Å². The molecule has 0 radical (unpaired) electrons. The van der Waals surface area contributed by atoms with E-state index in [1.54, 1.807) is 19.1 Å². The van der Waals surface area contributed by atoms with Crippen LogP contribution in [0.3, 0.4) is 0 Å². The lowest BCUT2D eigenvalue weighted by molar-refractivity contribution is -0.143. The molecule has 17 heavy (non-hydrogen) atoms. The van der Waals surface area contributed by atoms with Gasteiger partial charge in [0.25, 0.3) is 0 Å². The van der Waals surface area contributed by atoms with E-state index < -0.39 is 11.5 Å². The lowest BCUT2D eigenvalue weighted by Crippen LogP contribution is -2.44. The number of carboxylic acid groups (broad SMARTS) is 1. The molecule has 1 heterocycles. The Morgan fingerprint density at radius 1 is 1.53 bits per heavy atom. The lowest BCUT2D eigenvalue weighted by Gasteiger charge is -2.18. The van der Waals surface area contributed by atoms with Crippen molar-refractivity contribution in [1.82, 2.24) is 5.32 Å². The maximum atomic E-state index is 12.7. The quantitative estimate of drug-likeness (QED) is 0.843. The van der Waals surface area contributed by atoms with Gasteiger partial charge in [-0.3, -0.25) is 4.79 Å². The number of hydrogen-bond acceptors (Lipinski definition) is 2. The van der Waals surface area contributed by atoms with Crippen molar-refractivity contribution in [1.29, 1.82) is 0 Å². The van der Waals surface area contributed by atoms with Crippen LogP contribution in [0.15, 0.2) is 24.3 Å². The number of aliphatic carboxylic acids is 1. The average Bonchev–Trinajstić information content (AvgIpc) is 2.65. The third kappa shape index (κ3) is 2.64. The maximum Gasteiger partial charge on any atom is 0.323 e. The van der Waals surface area contributed by atoms with Crippen LogP contribution < -0.4 is 5.32 Å². The summed E-state index contributed by atoms with van der Waals surface area (Å²) in [4.78, 5) is 11.1. The summed E-state index contributed by atoms with van der Waals surface area (Å²) in [6.45, 7) is 2.40. The van der Waals surface area contributed by atoms with Gasteiger partial charge in [0.1, 0.15) is 11.4 Å². The Labute approximate surface area is 99.7 Å². The van der Waals surface area contributed by atoms with E-state index in [9.17, 15) is 9.18 Å². The Hall–Kier alpha value is -1.42. The highest BCUT2D eigenvalue weighted by molar-refractivity contribution is 5.78. The van der Waals surface area contributed by atoms with E-state index in [0.29, 0.717) is 18.9 Å². The highest BCUT2D eigenvalue weighted by atomic mass is 19.1. The standard InChI is InChI=1S/C13H16FNO2/c1-13(12(16)17)7-10(8-15-13)6-9-2-4-11(14)5-3-9/h2-5,10,15H,6-8H2,1H3,(H,16,17). The van der Waals surface area contributed by atoms with Crippen LogP contribution in [0.1, 0.15) is 18.9 Å². The second kappa shape index (κ2) is 4.45. The van der Waals surface area contributed by atoms with Crippen LogP contribution in [0.4, 0.5) is 4.39 Å². The van der Waals surface area contributed by atoms with Crippen molar-refractivity contribution in [2.45, 2.75) is 25.3 Å². The molecule has 92 valence electrons. The molecule has 3 nitrogen and oxygen atoms in total. The van der Waals surface area contributed by atoms with E-state index in [1.165, 1.54) is 12.1 Å². The van der Waals surface area contributed by atoms with E-state index in [-0.39, 0.29) is 5.82 Å². The van der Waals surface area contributed by atoms with Gasteiger partial charge in [0.2, 0.25) is 0 Å². The normalized spacial score (nSPS) is 28.2. The topological polar surface area (TPSA) is 49.3 Å². The van der Waals surface area contributed by atoms with Gasteiger partial charge in [-0.05, 0) is 49.9 Å². The third-order valence-corrected chi connectivity index (χ3v) is 3.39. The summed E-state index contributed by atoms with van der Waals surface area (Å²) < 4.78 is 12.7. The molecule has 1 aliphatic heterocycles. The molecule has 2 unspecified atom stereocenters. The fraction of sp³-hybridized carbons (Fsp3) is 0.462. The van der Waals surface area contributed by atoms with Gasteiger partial charge in [0.15, 0.2) is 0 Å². The number of carbonyl (C=O) groups is 1. The first-order valence-electron chi connectivity index (χ1n) is 5.72. The molecule has 0 saturated carbocycles. The molecule has 1 saturated heterocycles. The predicted octanol–water partition coefficient (Wildman–Crippen LogP) is 1.82. The van der Waals surface area contributed by atoms with Gasteiger partial charge in [-0.2, -0.15) is 0 Å². The summed E-state index contributed by atoms with van der Waals surface area (Å²) in [6.07, 6.45) is 1.40. The molecular weight excluding hydrogens is 221 g/mol. The van der Waals surface area contributed by atoms with Gasteiger partial charge in [0.05, 0.1) is 0 Å². The number of halogens is 1. The predicted molar refractivity (Wildman–Crippen MR) is 62.3 cm³/mol. The molecule has 1 aromatic carbocycles. The minimum Gasteiger partial charge on any atom is -0.480 e. The molecule has 4 heteroatoms. The molecule has 1 aromatic rings. The SMILES string of the molecule is CC1(C(=O)O)CC(Cc2ccc(F)cc2)CN1. The second-order valence-electron chi connectivity index (χ2n) is 4.92. The minimum atomic E-state index is -0.815. The van der Waals surface area contributed by atoms with Crippen molar-refractivity contribution in [3.8, 4) is 0 Å². The van der Waals surface area contributed by atoms with Crippen molar-refractivity contribution in [3.05, 3.63) is 35.6 Å². The average molecular weight is 237 g/mol. The highest BCUT2D eigenvalue weighted by Gasteiger charge is 2.40. The minimum absolute atomic E-state index is 0.242. The number of benzene rings is 1. The van der Waals surface area contributed by atoms with Gasteiger partial charge in [-0.1, -0.05) is 12.1 Å². The summed E-state index contributed by atoms with van der Waals surface area (Å²) in [6, 6.07) is 6.39. The number of rotatable bonds is 3. The first-order chi connectivity index (χ1) is 7.99. The van der Waals surface area contributed by atoms with Crippen LogP contribution in [0.25, 0.3) is 0 Å². The van der Waals surface area contributed by atoms with E-state index in [4.69, 9.17) is 5.11 Å². The lowest BCUT2D eigenvalue weighted by atomic mass is 9.91. The first kappa shape index (κ1) is 12.0. The van der Waals surface area contributed by atoms with Crippen molar-refractivity contribution in [3.63, 3.8) is 0 Å². The van der Waals surface area contributed by atoms with Crippen LogP contribution in [0, 0.1) is 11.7 Å². The molecule has 0 bridgehead atoms. The molecule has 2 atom stereocenters. The van der Waals surface area contributed by atoms with Gasteiger partial charge < -0.3 is 10.4 Å². The molecule has 1 fully saturated rings. The molecule has 1 aliphatic rings. The monoisotopic (exact) mass is 237 g/mol. The Morgan fingerprint density at radius 3 is 2.71 bits per heavy atom. The molecule has 0 aliphatic carbocycles. The fourth-order valence-corrected chi connectivity index (χ4v) is 2.35. The van der Waals surface area contributed by atoms with Gasteiger partial charge in [-0.15, -0.1) is 0 Å². The van der Waals surface area contributed by atoms with Crippen molar-refractivity contribution in [2.75, 3.05) is 6.54 Å². The third-order valence-electron chi connectivity index (χ3n) is 3.39. The summed E-state index contributed by atoms with van der Waals surface area (Å²) in [5.41, 5.74) is 0.234. The Kier molecular flexibility index (Phi) is 3.15. The van der Waals surface area contributed by atoms with Gasteiger partial charge >= 0.3 is 5.97 Å². The Morgan fingerprint density at radius 2 is 2.18 bits per heavy atom. The van der Waals surface area contributed by atoms with Crippen molar-refractivity contribution in [2.24, 2.45) is 5.92 Å². The second-order valence-corrected chi connectivity index (χ2v) is 4.92. The van der Waals surface area contributed by atoms with Crippen molar-refractivity contribution >= 4 is 5.97 Å². The van der Waals surface area contributed by atoms with E-state index >= 15 is 0 Å². The van der Waals surface area contributed by atoms with E-state index in [0.717, 1.165) is 12.0 Å². The summed E-state index contributed by atoms with van der Waals surface area (Å²) >= 11 is 0. The summed E-state index contributed by atoms with van der Waals surface area (Å²) in [7, 11) is 0. The fourth-order valence-electron chi connectivity index (χ4n) is 2.35. The molecule has 0 spiro atoms. The van der Waals surface area contributed by atoms with Crippen LogP contribution in [-0.4, -0.2) is 23.2 Å². The Balaban J connectivity index is 1.98. The van der Waals surface area contributed by atoms with E-state index in [2.05, 4.69) is 5.32 Å². The van der Waals surface area contributed by atoms with Crippen LogP contribution in [-0.2, 0) is 11.2 Å². The smallest absolute Gasteiger partial charge is 0.323 e. The highest BCUT2D eigenvalue weighted by Crippen LogP contribution is 2.27. The van der Waals surface area contributed by atoms with Crippen molar-refractivity contribution < 1.29 is 14.3 Å². The molecule has 0 aromatic heterocycles. The molecule has 2 rings (SSSR count). The maximum absolute atomic E-state index is 12.7. The van der Waals surface area contributed by atoms with E-state index in [1.807, 2.05) is 0 Å². The first-order valence-corrected chi connectivity index (χ1v) is 5.72. The molecule has 0 amide bonds. The zero-order valence-corrected chi connectivity index (χ0v) is 9.74. The van der Waals surface area contributed by atoms with Crippen LogP contribution in [0.2, 0.25) is 0 Å². The summed E-state index contributed by atoms with van der Waals surface area (Å²) in [5, 5.41) is 12.1. The van der Waals surface area contributed by atoms with Crippen LogP contribution >= 0.6 is 0 Å².